The van der Waals surface area contributed by atoms with Crippen molar-refractivity contribution in [2.24, 2.45) is 0 Å². The van der Waals surface area contributed by atoms with E-state index in [0.717, 1.165) is 16.7 Å². The fourth-order valence-electron chi connectivity index (χ4n) is 2.14. The van der Waals surface area contributed by atoms with Gasteiger partial charge in [-0.15, -0.1) is 0 Å². The van der Waals surface area contributed by atoms with Crippen molar-refractivity contribution in [3.63, 3.8) is 0 Å². The van der Waals surface area contributed by atoms with E-state index in [9.17, 15) is 13.6 Å². The number of rotatable bonds is 6. The topological polar surface area (TPSA) is 50.4 Å². The minimum absolute atomic E-state index is 0.352. The smallest absolute Gasteiger partial charge is 0.407 e. The van der Waals surface area contributed by atoms with Crippen molar-refractivity contribution in [3.8, 4) is 0 Å². The van der Waals surface area contributed by atoms with Gasteiger partial charge in [-0.1, -0.05) is 29.3 Å². The highest BCUT2D eigenvalue weighted by atomic mass is 19.3. The molecule has 0 aliphatic heterocycles. The minimum Gasteiger partial charge on any atom is -0.444 e. The fraction of sp³-hybridized carbons (Fsp3) is 0.588. The standard InChI is InChI=1S/C17H26F2N2O2/c1-12-6-13(2)8-14(7-12)9-20-10-17(18,19)11-21-15(22)23-16(3,4)5/h6-8,20H,9-11H2,1-5H3,(H,21,22). The van der Waals surface area contributed by atoms with Crippen LogP contribution in [0.15, 0.2) is 18.2 Å². The van der Waals surface area contributed by atoms with Crippen LogP contribution in [0.5, 0.6) is 0 Å². The summed E-state index contributed by atoms with van der Waals surface area (Å²) in [5.74, 6) is -3.05. The molecule has 0 saturated carbocycles. The fourth-order valence-corrected chi connectivity index (χ4v) is 2.14. The molecule has 0 aliphatic carbocycles. The Kier molecular flexibility index (Phi) is 6.50. The summed E-state index contributed by atoms with van der Waals surface area (Å²) < 4.78 is 32.4. The maximum absolute atomic E-state index is 13.7. The van der Waals surface area contributed by atoms with Gasteiger partial charge in [-0.3, -0.25) is 0 Å². The van der Waals surface area contributed by atoms with E-state index in [-0.39, 0.29) is 0 Å². The van der Waals surface area contributed by atoms with Crippen LogP contribution in [-0.4, -0.2) is 30.7 Å². The monoisotopic (exact) mass is 328 g/mol. The Morgan fingerprint density at radius 2 is 1.65 bits per heavy atom. The summed E-state index contributed by atoms with van der Waals surface area (Å²) in [5, 5.41) is 4.82. The summed E-state index contributed by atoms with van der Waals surface area (Å²) >= 11 is 0. The maximum atomic E-state index is 13.7. The second-order valence-corrected chi connectivity index (χ2v) is 6.81. The molecule has 23 heavy (non-hydrogen) atoms. The van der Waals surface area contributed by atoms with Crippen LogP contribution in [0.1, 0.15) is 37.5 Å². The molecule has 2 N–H and O–H groups in total. The molecule has 0 saturated heterocycles. The number of ether oxygens (including phenoxy) is 1. The van der Waals surface area contributed by atoms with Crippen molar-refractivity contribution < 1.29 is 18.3 Å². The Hall–Kier alpha value is -1.69. The predicted octanol–water partition coefficient (Wildman–Crippen LogP) is 3.55. The van der Waals surface area contributed by atoms with Crippen molar-refractivity contribution >= 4 is 6.09 Å². The van der Waals surface area contributed by atoms with Crippen molar-refractivity contribution in [1.29, 1.82) is 0 Å². The molecule has 1 aromatic rings. The lowest BCUT2D eigenvalue weighted by Gasteiger charge is -2.22. The van der Waals surface area contributed by atoms with Gasteiger partial charge in [0.1, 0.15) is 5.60 Å². The van der Waals surface area contributed by atoms with E-state index in [2.05, 4.69) is 10.6 Å². The quantitative estimate of drug-likeness (QED) is 0.839. The molecule has 4 nitrogen and oxygen atoms in total. The van der Waals surface area contributed by atoms with Gasteiger partial charge in [0.2, 0.25) is 0 Å². The summed E-state index contributed by atoms with van der Waals surface area (Å²) in [4.78, 5) is 11.4. The molecule has 0 atom stereocenters. The molecule has 0 unspecified atom stereocenters. The number of carbonyl (C=O) groups is 1. The lowest BCUT2D eigenvalue weighted by atomic mass is 10.1. The third-order valence-electron chi connectivity index (χ3n) is 2.88. The molecule has 0 aromatic heterocycles. The lowest BCUT2D eigenvalue weighted by molar-refractivity contribution is -0.00376. The number of halogens is 2. The van der Waals surface area contributed by atoms with Gasteiger partial charge in [0.25, 0.3) is 5.92 Å². The van der Waals surface area contributed by atoms with E-state index < -0.39 is 30.7 Å². The number of carbonyl (C=O) groups excluding carboxylic acids is 1. The molecule has 1 amide bonds. The van der Waals surface area contributed by atoms with Crippen LogP contribution in [0.25, 0.3) is 0 Å². The number of hydrogen-bond donors (Lipinski definition) is 2. The first-order valence-corrected chi connectivity index (χ1v) is 7.59. The average Bonchev–Trinajstić information content (AvgIpc) is 2.33. The Labute approximate surface area is 136 Å². The molecule has 0 radical (unpaired) electrons. The Morgan fingerprint density at radius 3 is 2.17 bits per heavy atom. The molecule has 0 bridgehead atoms. The highest BCUT2D eigenvalue weighted by Crippen LogP contribution is 2.13. The highest BCUT2D eigenvalue weighted by Gasteiger charge is 2.30. The summed E-state index contributed by atoms with van der Waals surface area (Å²) in [7, 11) is 0. The average molecular weight is 328 g/mol. The van der Waals surface area contributed by atoms with Crippen LogP contribution in [0.2, 0.25) is 0 Å². The van der Waals surface area contributed by atoms with E-state index in [1.165, 1.54) is 0 Å². The van der Waals surface area contributed by atoms with Gasteiger partial charge in [-0.05, 0) is 40.2 Å². The summed E-state index contributed by atoms with van der Waals surface area (Å²) in [5.41, 5.74) is 2.44. The van der Waals surface area contributed by atoms with Crippen LogP contribution in [0, 0.1) is 13.8 Å². The Morgan fingerprint density at radius 1 is 1.09 bits per heavy atom. The van der Waals surface area contributed by atoms with Gasteiger partial charge in [-0.2, -0.15) is 0 Å². The molecule has 6 heteroatoms. The van der Waals surface area contributed by atoms with Crippen LogP contribution in [0.4, 0.5) is 13.6 Å². The van der Waals surface area contributed by atoms with Gasteiger partial charge in [-0.25, -0.2) is 13.6 Å². The molecule has 1 aromatic carbocycles. The number of aryl methyl sites for hydroxylation is 2. The van der Waals surface area contributed by atoms with Crippen molar-refractivity contribution in [3.05, 3.63) is 34.9 Å². The first kappa shape index (κ1) is 19.4. The van der Waals surface area contributed by atoms with Gasteiger partial charge in [0.15, 0.2) is 0 Å². The second-order valence-electron chi connectivity index (χ2n) is 6.81. The largest absolute Gasteiger partial charge is 0.444 e. The molecule has 130 valence electrons. The first-order chi connectivity index (χ1) is 10.5. The van der Waals surface area contributed by atoms with Gasteiger partial charge in [0.05, 0.1) is 13.1 Å². The predicted molar refractivity (Wildman–Crippen MR) is 86.8 cm³/mol. The maximum Gasteiger partial charge on any atom is 0.407 e. The summed E-state index contributed by atoms with van der Waals surface area (Å²) in [6.45, 7) is 8.04. The van der Waals surface area contributed by atoms with E-state index in [4.69, 9.17) is 4.74 Å². The molecule has 1 rings (SSSR count). The zero-order valence-electron chi connectivity index (χ0n) is 14.4. The van der Waals surface area contributed by atoms with Gasteiger partial charge >= 0.3 is 6.09 Å². The number of benzene rings is 1. The first-order valence-electron chi connectivity index (χ1n) is 7.59. The van der Waals surface area contributed by atoms with Crippen molar-refractivity contribution in [1.82, 2.24) is 10.6 Å². The molecular weight excluding hydrogens is 302 g/mol. The highest BCUT2D eigenvalue weighted by molar-refractivity contribution is 5.67. The zero-order chi connectivity index (χ0) is 17.7. The minimum atomic E-state index is -3.05. The second kappa shape index (κ2) is 7.73. The number of alkyl carbamates (subject to hydrolysis) is 1. The number of alkyl halides is 2. The third kappa shape index (κ3) is 8.50. The van der Waals surface area contributed by atoms with Crippen LogP contribution < -0.4 is 10.6 Å². The lowest BCUT2D eigenvalue weighted by Crippen LogP contribution is -2.44. The van der Waals surface area contributed by atoms with Crippen LogP contribution in [0.3, 0.4) is 0 Å². The molecule has 0 fully saturated rings. The van der Waals surface area contributed by atoms with Crippen molar-refractivity contribution in [2.45, 2.75) is 52.7 Å². The molecule has 0 heterocycles. The van der Waals surface area contributed by atoms with Crippen LogP contribution in [-0.2, 0) is 11.3 Å². The van der Waals surface area contributed by atoms with Crippen molar-refractivity contribution in [2.75, 3.05) is 13.1 Å². The number of amides is 1. The molecular formula is C17H26F2N2O2. The Balaban J connectivity index is 2.39. The number of nitrogens with one attached hydrogen (secondary N) is 2. The molecule has 0 spiro atoms. The van der Waals surface area contributed by atoms with E-state index in [1.54, 1.807) is 20.8 Å². The van der Waals surface area contributed by atoms with E-state index in [1.807, 2.05) is 32.0 Å². The zero-order valence-corrected chi connectivity index (χ0v) is 14.4. The normalized spacial score (nSPS) is 12.1. The third-order valence-corrected chi connectivity index (χ3v) is 2.88. The number of hydrogen-bond acceptors (Lipinski definition) is 3. The summed E-state index contributed by atoms with van der Waals surface area (Å²) in [6.07, 6.45) is -0.841. The van der Waals surface area contributed by atoms with E-state index >= 15 is 0 Å². The van der Waals surface area contributed by atoms with E-state index in [0.29, 0.717) is 6.54 Å². The van der Waals surface area contributed by atoms with Gasteiger partial charge < -0.3 is 15.4 Å². The van der Waals surface area contributed by atoms with Crippen LogP contribution >= 0.6 is 0 Å². The molecule has 0 aliphatic rings. The SMILES string of the molecule is Cc1cc(C)cc(CNCC(F)(F)CNC(=O)OC(C)(C)C)c1. The Bertz CT molecular complexity index is 520. The van der Waals surface area contributed by atoms with Gasteiger partial charge in [0, 0.05) is 6.54 Å². The summed E-state index contributed by atoms with van der Waals surface area (Å²) in [6, 6.07) is 5.94.